The van der Waals surface area contributed by atoms with Crippen molar-refractivity contribution in [3.8, 4) is 5.75 Å². The van der Waals surface area contributed by atoms with Gasteiger partial charge in [-0.25, -0.2) is 9.69 Å². The second-order valence-corrected chi connectivity index (χ2v) is 5.46. The van der Waals surface area contributed by atoms with Crippen LogP contribution in [0.3, 0.4) is 0 Å². The van der Waals surface area contributed by atoms with Gasteiger partial charge in [-0.1, -0.05) is 6.07 Å². The molecule has 0 bridgehead atoms. The molecule has 1 heterocycles. The minimum absolute atomic E-state index is 0.0669. The summed E-state index contributed by atoms with van der Waals surface area (Å²) in [6.07, 6.45) is 0.419. The number of carbonyl (C=O) groups is 4. The monoisotopic (exact) mass is 363 g/mol. The van der Waals surface area contributed by atoms with Crippen LogP contribution in [0.15, 0.2) is 24.3 Å². The third-order valence-electron chi connectivity index (χ3n) is 3.66. The van der Waals surface area contributed by atoms with Crippen LogP contribution in [-0.2, 0) is 19.1 Å². The summed E-state index contributed by atoms with van der Waals surface area (Å²) in [6, 6.07) is 5.83. The first kappa shape index (κ1) is 19.4. The molecule has 1 fully saturated rings. The average molecular weight is 363 g/mol. The molecule has 0 saturated carbocycles. The van der Waals surface area contributed by atoms with Crippen molar-refractivity contribution in [2.45, 2.75) is 13.3 Å². The predicted octanol–water partition coefficient (Wildman–Crippen LogP) is 0.851. The summed E-state index contributed by atoms with van der Waals surface area (Å²) in [5.41, 5.74) is 0.452. The topological polar surface area (TPSA) is 105 Å². The number of imide groups is 2. The Morgan fingerprint density at radius 3 is 2.58 bits per heavy atom. The van der Waals surface area contributed by atoms with Gasteiger partial charge in [0.05, 0.1) is 7.11 Å². The minimum Gasteiger partial charge on any atom is -0.497 e. The third-order valence-corrected chi connectivity index (χ3v) is 3.66. The number of hydrogen-bond donors (Lipinski definition) is 1. The highest BCUT2D eigenvalue weighted by Crippen LogP contribution is 2.17. The molecule has 0 radical (unpaired) electrons. The molecule has 0 spiro atoms. The molecule has 1 aliphatic rings. The summed E-state index contributed by atoms with van der Waals surface area (Å²) in [4.78, 5) is 49.8. The Morgan fingerprint density at radius 2 is 1.88 bits per heavy atom. The normalized spacial score (nSPS) is 14.2. The largest absolute Gasteiger partial charge is 0.497 e. The standard InChI is InChI=1S/C17H21N3O6/c1-3-26-9-5-8-19-15(22)16(23)20(17(19)24)11-14(21)18-12-6-4-7-13(10-12)25-2/h4,6-7,10H,3,5,8-9,11H2,1-2H3,(H,18,21). The molecule has 2 rings (SSSR count). The molecule has 0 atom stereocenters. The zero-order valence-electron chi connectivity index (χ0n) is 14.7. The van der Waals surface area contributed by atoms with Crippen molar-refractivity contribution in [2.24, 2.45) is 0 Å². The molecule has 5 amide bonds. The van der Waals surface area contributed by atoms with E-state index >= 15 is 0 Å². The summed E-state index contributed by atoms with van der Waals surface area (Å²) in [7, 11) is 1.49. The molecule has 26 heavy (non-hydrogen) atoms. The van der Waals surface area contributed by atoms with Crippen molar-refractivity contribution >= 4 is 29.4 Å². The van der Waals surface area contributed by atoms with Gasteiger partial charge < -0.3 is 14.8 Å². The zero-order chi connectivity index (χ0) is 19.1. The molecule has 1 N–H and O–H groups in total. The SMILES string of the molecule is CCOCCCN1C(=O)C(=O)N(CC(=O)Nc2cccc(OC)c2)C1=O. The maximum atomic E-state index is 12.2. The lowest BCUT2D eigenvalue weighted by Crippen LogP contribution is -2.39. The zero-order valence-corrected chi connectivity index (χ0v) is 14.7. The van der Waals surface area contributed by atoms with Crippen molar-refractivity contribution in [3.63, 3.8) is 0 Å². The highest BCUT2D eigenvalue weighted by Gasteiger charge is 2.44. The predicted molar refractivity (Wildman–Crippen MR) is 91.6 cm³/mol. The van der Waals surface area contributed by atoms with Gasteiger partial charge in [-0.05, 0) is 25.5 Å². The van der Waals surface area contributed by atoms with Crippen LogP contribution >= 0.6 is 0 Å². The molecule has 0 aromatic heterocycles. The summed E-state index contributed by atoms with van der Waals surface area (Å²) in [6.45, 7) is 2.26. The Kier molecular flexibility index (Phi) is 6.67. The van der Waals surface area contributed by atoms with Gasteiger partial charge in [0.1, 0.15) is 12.3 Å². The molecular weight excluding hydrogens is 342 g/mol. The maximum Gasteiger partial charge on any atom is 0.334 e. The first-order valence-corrected chi connectivity index (χ1v) is 8.17. The van der Waals surface area contributed by atoms with Crippen LogP contribution in [0.25, 0.3) is 0 Å². The number of carbonyl (C=O) groups excluding carboxylic acids is 4. The van der Waals surface area contributed by atoms with Gasteiger partial charge in [-0.15, -0.1) is 0 Å². The lowest BCUT2D eigenvalue weighted by molar-refractivity contribution is -0.143. The van der Waals surface area contributed by atoms with E-state index in [0.717, 1.165) is 4.90 Å². The lowest BCUT2D eigenvalue weighted by atomic mass is 10.3. The van der Waals surface area contributed by atoms with Crippen LogP contribution in [0.4, 0.5) is 10.5 Å². The number of urea groups is 1. The van der Waals surface area contributed by atoms with Gasteiger partial charge in [-0.2, -0.15) is 0 Å². The molecule has 1 aromatic carbocycles. The molecule has 0 unspecified atom stereocenters. The molecular formula is C17H21N3O6. The Balaban J connectivity index is 1.95. The van der Waals surface area contributed by atoms with E-state index in [1.54, 1.807) is 24.3 Å². The lowest BCUT2D eigenvalue weighted by Gasteiger charge is -2.15. The fraction of sp³-hybridized carbons (Fsp3) is 0.412. The van der Waals surface area contributed by atoms with E-state index in [1.165, 1.54) is 7.11 Å². The minimum atomic E-state index is -1.01. The van der Waals surface area contributed by atoms with Gasteiger partial charge in [0.15, 0.2) is 0 Å². The Hall–Kier alpha value is -2.94. The number of rotatable bonds is 9. The molecule has 1 aliphatic heterocycles. The number of amides is 5. The first-order chi connectivity index (χ1) is 12.5. The molecule has 9 heteroatoms. The van der Waals surface area contributed by atoms with Crippen molar-refractivity contribution in [1.29, 1.82) is 0 Å². The van der Waals surface area contributed by atoms with Crippen LogP contribution in [0.1, 0.15) is 13.3 Å². The fourth-order valence-electron chi connectivity index (χ4n) is 2.40. The molecule has 9 nitrogen and oxygen atoms in total. The van der Waals surface area contributed by atoms with E-state index in [0.29, 0.717) is 36.0 Å². The Morgan fingerprint density at radius 1 is 1.15 bits per heavy atom. The fourth-order valence-corrected chi connectivity index (χ4v) is 2.40. The van der Waals surface area contributed by atoms with Crippen molar-refractivity contribution in [3.05, 3.63) is 24.3 Å². The van der Waals surface area contributed by atoms with E-state index < -0.39 is 30.3 Å². The van der Waals surface area contributed by atoms with E-state index in [1.807, 2.05) is 6.92 Å². The number of benzene rings is 1. The van der Waals surface area contributed by atoms with Gasteiger partial charge in [0.2, 0.25) is 5.91 Å². The maximum absolute atomic E-state index is 12.2. The number of anilines is 1. The van der Waals surface area contributed by atoms with Crippen molar-refractivity contribution in [2.75, 3.05) is 38.7 Å². The van der Waals surface area contributed by atoms with Crippen LogP contribution < -0.4 is 10.1 Å². The number of nitrogens with zero attached hydrogens (tertiary/aromatic N) is 2. The van der Waals surface area contributed by atoms with Crippen molar-refractivity contribution in [1.82, 2.24) is 9.80 Å². The number of methoxy groups -OCH3 is 1. The Labute approximate surface area is 150 Å². The van der Waals surface area contributed by atoms with Gasteiger partial charge in [0, 0.05) is 31.5 Å². The molecule has 140 valence electrons. The van der Waals surface area contributed by atoms with E-state index in [9.17, 15) is 19.2 Å². The van der Waals surface area contributed by atoms with E-state index in [4.69, 9.17) is 9.47 Å². The van der Waals surface area contributed by atoms with Crippen LogP contribution in [0, 0.1) is 0 Å². The number of hydrogen-bond acceptors (Lipinski definition) is 6. The van der Waals surface area contributed by atoms with Crippen LogP contribution in [0.2, 0.25) is 0 Å². The highest BCUT2D eigenvalue weighted by atomic mass is 16.5. The number of ether oxygens (including phenoxy) is 2. The second-order valence-electron chi connectivity index (χ2n) is 5.46. The highest BCUT2D eigenvalue weighted by molar-refractivity contribution is 6.45. The van der Waals surface area contributed by atoms with Crippen molar-refractivity contribution < 1.29 is 28.7 Å². The second kappa shape index (κ2) is 8.95. The first-order valence-electron chi connectivity index (χ1n) is 8.17. The van der Waals surface area contributed by atoms with Gasteiger partial charge in [-0.3, -0.25) is 19.3 Å². The van der Waals surface area contributed by atoms with E-state index in [2.05, 4.69) is 5.32 Å². The summed E-state index contributed by atoms with van der Waals surface area (Å²) in [5, 5.41) is 2.56. The van der Waals surface area contributed by atoms with Gasteiger partial charge in [0.25, 0.3) is 0 Å². The third kappa shape index (κ3) is 4.57. The van der Waals surface area contributed by atoms with Gasteiger partial charge >= 0.3 is 17.8 Å². The number of nitrogens with one attached hydrogen (secondary N) is 1. The van der Waals surface area contributed by atoms with Crippen LogP contribution in [-0.4, -0.2) is 67.0 Å². The molecule has 1 saturated heterocycles. The Bertz CT molecular complexity index is 705. The molecule has 1 aromatic rings. The summed E-state index contributed by atoms with van der Waals surface area (Å²) >= 11 is 0. The quantitative estimate of drug-likeness (QED) is 0.396. The average Bonchev–Trinajstić information content (AvgIpc) is 2.83. The summed E-state index contributed by atoms with van der Waals surface area (Å²) in [5.74, 6) is -1.98. The summed E-state index contributed by atoms with van der Waals surface area (Å²) < 4.78 is 10.2. The van der Waals surface area contributed by atoms with E-state index in [-0.39, 0.29) is 6.54 Å². The van der Waals surface area contributed by atoms with Crippen LogP contribution in [0.5, 0.6) is 5.75 Å². The smallest absolute Gasteiger partial charge is 0.334 e. The molecule has 0 aliphatic carbocycles.